The molecule has 0 saturated carbocycles. The molecule has 0 aromatic carbocycles. The molecular weight excluding hydrogens is 232 g/mol. The molecule has 5 nitrogen and oxygen atoms in total. The number of aliphatic carboxylic acids is 1. The van der Waals surface area contributed by atoms with Gasteiger partial charge in [0.15, 0.2) is 0 Å². The van der Waals surface area contributed by atoms with Gasteiger partial charge in [-0.25, -0.2) is 4.79 Å². The molecule has 0 bridgehead atoms. The molecule has 18 heavy (non-hydrogen) atoms. The summed E-state index contributed by atoms with van der Waals surface area (Å²) in [5.74, 6) is -0.414. The lowest BCUT2D eigenvalue weighted by Gasteiger charge is -2.14. The Balaban J connectivity index is 3.69. The molecule has 0 rings (SSSR count). The van der Waals surface area contributed by atoms with E-state index < -0.39 is 5.97 Å². The number of hydrogen-bond donors (Lipinski definition) is 3. The summed E-state index contributed by atoms with van der Waals surface area (Å²) in [4.78, 5) is 21.8. The summed E-state index contributed by atoms with van der Waals surface area (Å²) in [5, 5.41) is 14.0. The summed E-state index contributed by atoms with van der Waals surface area (Å²) in [6.45, 7) is 8.62. The zero-order valence-corrected chi connectivity index (χ0v) is 11.3. The van der Waals surface area contributed by atoms with Gasteiger partial charge in [-0.1, -0.05) is 25.5 Å². The van der Waals surface area contributed by atoms with Crippen molar-refractivity contribution in [3.8, 4) is 0 Å². The Hall–Kier alpha value is -1.52. The monoisotopic (exact) mass is 256 g/mol. The fourth-order valence-corrected chi connectivity index (χ4v) is 1.56. The largest absolute Gasteiger partial charge is 0.481 e. The Morgan fingerprint density at radius 3 is 2.44 bits per heavy atom. The Bertz CT molecular complexity index is 290. The average Bonchev–Trinajstić information content (AvgIpc) is 2.30. The summed E-state index contributed by atoms with van der Waals surface area (Å²) in [7, 11) is 0. The van der Waals surface area contributed by atoms with E-state index in [0.29, 0.717) is 25.4 Å². The number of carboxylic acids is 1. The fourth-order valence-electron chi connectivity index (χ4n) is 1.56. The molecule has 0 fully saturated rings. The van der Waals surface area contributed by atoms with Crippen molar-refractivity contribution < 1.29 is 14.7 Å². The SMILES string of the molecule is C=C(C)CNC(=O)NCCC(CC)CCC(=O)O. The van der Waals surface area contributed by atoms with Crippen molar-refractivity contribution in [2.75, 3.05) is 13.1 Å². The first-order valence-electron chi connectivity index (χ1n) is 6.33. The van der Waals surface area contributed by atoms with Gasteiger partial charge < -0.3 is 15.7 Å². The average molecular weight is 256 g/mol. The molecule has 0 aliphatic carbocycles. The van der Waals surface area contributed by atoms with E-state index in [2.05, 4.69) is 17.2 Å². The smallest absolute Gasteiger partial charge is 0.315 e. The van der Waals surface area contributed by atoms with Crippen molar-refractivity contribution in [1.82, 2.24) is 10.6 Å². The van der Waals surface area contributed by atoms with E-state index in [-0.39, 0.29) is 12.5 Å². The Morgan fingerprint density at radius 1 is 1.28 bits per heavy atom. The summed E-state index contributed by atoms with van der Waals surface area (Å²) in [5.41, 5.74) is 0.901. The van der Waals surface area contributed by atoms with Gasteiger partial charge in [-0.15, -0.1) is 0 Å². The zero-order valence-electron chi connectivity index (χ0n) is 11.3. The van der Waals surface area contributed by atoms with Crippen LogP contribution in [0.25, 0.3) is 0 Å². The van der Waals surface area contributed by atoms with Crippen molar-refractivity contribution in [2.45, 2.75) is 39.5 Å². The number of rotatable bonds is 9. The van der Waals surface area contributed by atoms with Crippen LogP contribution in [0.5, 0.6) is 0 Å². The van der Waals surface area contributed by atoms with Crippen LogP contribution in [0.1, 0.15) is 39.5 Å². The molecule has 0 saturated heterocycles. The van der Waals surface area contributed by atoms with Crippen molar-refractivity contribution in [3.63, 3.8) is 0 Å². The van der Waals surface area contributed by atoms with Gasteiger partial charge in [0, 0.05) is 19.5 Å². The van der Waals surface area contributed by atoms with Crippen LogP contribution >= 0.6 is 0 Å². The quantitative estimate of drug-likeness (QED) is 0.553. The molecule has 2 amide bonds. The standard InChI is InChI=1S/C13H24N2O3/c1-4-11(5-6-12(16)17)7-8-14-13(18)15-9-10(2)3/h11H,2,4-9H2,1,3H3,(H,16,17)(H2,14,15,18). The highest BCUT2D eigenvalue weighted by molar-refractivity contribution is 5.74. The topological polar surface area (TPSA) is 78.4 Å². The Kier molecular flexibility index (Phi) is 8.70. The van der Waals surface area contributed by atoms with Gasteiger partial charge in [-0.2, -0.15) is 0 Å². The number of urea groups is 1. The van der Waals surface area contributed by atoms with E-state index in [1.165, 1.54) is 0 Å². The molecular formula is C13H24N2O3. The number of carbonyl (C=O) groups excluding carboxylic acids is 1. The second kappa shape index (κ2) is 9.50. The van der Waals surface area contributed by atoms with Crippen LogP contribution in [-0.2, 0) is 4.79 Å². The van der Waals surface area contributed by atoms with E-state index >= 15 is 0 Å². The third-order valence-corrected chi connectivity index (χ3v) is 2.73. The summed E-state index contributed by atoms with van der Waals surface area (Å²) < 4.78 is 0. The lowest BCUT2D eigenvalue weighted by molar-refractivity contribution is -0.137. The number of carboxylic acid groups (broad SMARTS) is 1. The molecule has 0 aromatic rings. The van der Waals surface area contributed by atoms with Crippen molar-refractivity contribution in [2.24, 2.45) is 5.92 Å². The maximum Gasteiger partial charge on any atom is 0.315 e. The minimum Gasteiger partial charge on any atom is -0.481 e. The first-order chi connectivity index (χ1) is 8.45. The molecule has 1 atom stereocenters. The summed E-state index contributed by atoms with van der Waals surface area (Å²) >= 11 is 0. The highest BCUT2D eigenvalue weighted by Gasteiger charge is 2.09. The van der Waals surface area contributed by atoms with Gasteiger partial charge >= 0.3 is 12.0 Å². The lowest BCUT2D eigenvalue weighted by Crippen LogP contribution is -2.37. The fraction of sp³-hybridized carbons (Fsp3) is 0.692. The second-order valence-electron chi connectivity index (χ2n) is 4.56. The van der Waals surface area contributed by atoms with Crippen LogP contribution in [0.4, 0.5) is 4.79 Å². The molecule has 0 aromatic heterocycles. The predicted octanol–water partition coefficient (Wildman–Crippen LogP) is 2.14. The molecule has 3 N–H and O–H groups in total. The Morgan fingerprint density at radius 2 is 1.94 bits per heavy atom. The van der Waals surface area contributed by atoms with E-state index in [4.69, 9.17) is 5.11 Å². The maximum absolute atomic E-state index is 11.3. The molecule has 1 unspecified atom stereocenters. The highest BCUT2D eigenvalue weighted by Crippen LogP contribution is 2.14. The van der Waals surface area contributed by atoms with Crippen LogP contribution in [0.2, 0.25) is 0 Å². The van der Waals surface area contributed by atoms with Crippen molar-refractivity contribution in [1.29, 1.82) is 0 Å². The first kappa shape index (κ1) is 16.5. The zero-order chi connectivity index (χ0) is 14.0. The van der Waals surface area contributed by atoms with Crippen LogP contribution in [0.3, 0.4) is 0 Å². The van der Waals surface area contributed by atoms with E-state index in [9.17, 15) is 9.59 Å². The van der Waals surface area contributed by atoms with Crippen LogP contribution in [0, 0.1) is 5.92 Å². The second-order valence-corrected chi connectivity index (χ2v) is 4.56. The number of carbonyl (C=O) groups is 2. The minimum absolute atomic E-state index is 0.195. The van der Waals surface area contributed by atoms with Gasteiger partial charge in [0.05, 0.1) is 0 Å². The van der Waals surface area contributed by atoms with Gasteiger partial charge in [-0.05, 0) is 25.7 Å². The van der Waals surface area contributed by atoms with Crippen LogP contribution < -0.4 is 10.6 Å². The van der Waals surface area contributed by atoms with Crippen molar-refractivity contribution >= 4 is 12.0 Å². The minimum atomic E-state index is -0.763. The van der Waals surface area contributed by atoms with Gasteiger partial charge in [0.2, 0.25) is 0 Å². The molecule has 0 radical (unpaired) electrons. The van der Waals surface area contributed by atoms with Crippen LogP contribution in [-0.4, -0.2) is 30.2 Å². The van der Waals surface area contributed by atoms with Crippen LogP contribution in [0.15, 0.2) is 12.2 Å². The molecule has 0 heterocycles. The Labute approximate surface area is 109 Å². The van der Waals surface area contributed by atoms with E-state index in [0.717, 1.165) is 18.4 Å². The van der Waals surface area contributed by atoms with Gasteiger partial charge in [-0.3, -0.25) is 4.79 Å². The third kappa shape index (κ3) is 9.69. The number of nitrogens with one attached hydrogen (secondary N) is 2. The summed E-state index contributed by atoms with van der Waals surface area (Å²) in [6.07, 6.45) is 2.61. The lowest BCUT2D eigenvalue weighted by atomic mass is 9.97. The van der Waals surface area contributed by atoms with Gasteiger partial charge in [0.1, 0.15) is 0 Å². The van der Waals surface area contributed by atoms with Crippen molar-refractivity contribution in [3.05, 3.63) is 12.2 Å². The maximum atomic E-state index is 11.3. The van der Waals surface area contributed by atoms with E-state index in [1.807, 2.05) is 13.8 Å². The molecule has 104 valence electrons. The molecule has 5 heteroatoms. The molecule has 0 aliphatic heterocycles. The number of hydrogen-bond acceptors (Lipinski definition) is 2. The molecule has 0 aliphatic rings. The normalized spacial score (nSPS) is 11.7. The first-order valence-corrected chi connectivity index (χ1v) is 6.33. The number of amides is 2. The predicted molar refractivity (Wildman–Crippen MR) is 71.5 cm³/mol. The highest BCUT2D eigenvalue weighted by atomic mass is 16.4. The molecule has 0 spiro atoms. The summed E-state index contributed by atoms with van der Waals surface area (Å²) in [6, 6.07) is -0.203. The third-order valence-electron chi connectivity index (χ3n) is 2.73. The van der Waals surface area contributed by atoms with E-state index in [1.54, 1.807) is 0 Å². The van der Waals surface area contributed by atoms with Gasteiger partial charge in [0.25, 0.3) is 0 Å².